The van der Waals surface area contributed by atoms with Gasteiger partial charge >= 0.3 is 6.55 Å². The summed E-state index contributed by atoms with van der Waals surface area (Å²) in [6.45, 7) is -2.67. The minimum Gasteiger partial charge on any atom is -0.389 e. The topological polar surface area (TPSA) is 58.4 Å². The molecule has 5 nitrogen and oxygen atoms in total. The number of hydrogen-bond acceptors (Lipinski definition) is 3. The maximum absolute atomic E-state index is 12.7. The molecular weight excluding hydrogens is 268 g/mol. The van der Waals surface area contributed by atoms with E-state index < -0.39 is 12.2 Å². The Balaban J connectivity index is 1.95. The number of amides is 1. The zero-order valence-electron chi connectivity index (χ0n) is 11.4. The Hall–Kier alpha value is -1.50. The van der Waals surface area contributed by atoms with Gasteiger partial charge in [-0.1, -0.05) is 12.8 Å². The fourth-order valence-corrected chi connectivity index (χ4v) is 2.57. The average molecular weight is 287 g/mol. The van der Waals surface area contributed by atoms with Crippen LogP contribution in [0.2, 0.25) is 0 Å². The van der Waals surface area contributed by atoms with Crippen LogP contribution in [0.5, 0.6) is 0 Å². The molecule has 1 heterocycles. The third kappa shape index (κ3) is 3.33. The van der Waals surface area contributed by atoms with E-state index in [0.29, 0.717) is 12.8 Å². The normalized spacial score (nSPS) is 17.6. The fourth-order valence-electron chi connectivity index (χ4n) is 2.57. The van der Waals surface area contributed by atoms with E-state index in [1.807, 2.05) is 0 Å². The highest BCUT2D eigenvalue weighted by Gasteiger charge is 2.34. The molecule has 1 aromatic heterocycles. The van der Waals surface area contributed by atoms with E-state index in [2.05, 4.69) is 4.98 Å². The number of carbonyl (C=O) groups is 1. The van der Waals surface area contributed by atoms with Crippen molar-refractivity contribution in [3.05, 3.63) is 18.2 Å². The smallest absolute Gasteiger partial charge is 0.319 e. The maximum atomic E-state index is 12.7. The summed E-state index contributed by atoms with van der Waals surface area (Å²) >= 11 is 0. The van der Waals surface area contributed by atoms with Gasteiger partial charge in [-0.3, -0.25) is 9.36 Å². The fraction of sp³-hybridized carbons (Fsp3) is 0.692. The summed E-state index contributed by atoms with van der Waals surface area (Å²) in [4.78, 5) is 17.2. The quantitative estimate of drug-likeness (QED) is 0.900. The summed E-state index contributed by atoms with van der Waals surface area (Å²) in [5.74, 6) is -0.118. The van der Waals surface area contributed by atoms with Crippen molar-refractivity contribution in [3.63, 3.8) is 0 Å². The summed E-state index contributed by atoms with van der Waals surface area (Å²) in [5.41, 5.74) is -0.927. The van der Waals surface area contributed by atoms with Gasteiger partial charge in [-0.05, 0) is 12.8 Å². The Morgan fingerprint density at radius 2 is 2.20 bits per heavy atom. The van der Waals surface area contributed by atoms with Crippen molar-refractivity contribution >= 4 is 5.91 Å². The van der Waals surface area contributed by atoms with Crippen LogP contribution in [0.1, 0.15) is 44.5 Å². The highest BCUT2D eigenvalue weighted by atomic mass is 19.3. The zero-order valence-corrected chi connectivity index (χ0v) is 11.4. The Morgan fingerprint density at radius 1 is 1.55 bits per heavy atom. The van der Waals surface area contributed by atoms with Gasteiger partial charge < -0.3 is 10.0 Å². The predicted molar refractivity (Wildman–Crippen MR) is 68.0 cm³/mol. The first-order chi connectivity index (χ1) is 9.41. The Bertz CT molecular complexity index is 470. The molecule has 20 heavy (non-hydrogen) atoms. The third-order valence-electron chi connectivity index (χ3n) is 3.78. The van der Waals surface area contributed by atoms with Crippen LogP contribution in [0.4, 0.5) is 8.78 Å². The van der Waals surface area contributed by atoms with Gasteiger partial charge in [-0.15, -0.1) is 0 Å². The van der Waals surface area contributed by atoms with Crippen LogP contribution >= 0.6 is 0 Å². The Morgan fingerprint density at radius 3 is 2.80 bits per heavy atom. The van der Waals surface area contributed by atoms with Crippen LogP contribution < -0.4 is 0 Å². The van der Waals surface area contributed by atoms with Crippen molar-refractivity contribution < 1.29 is 18.7 Å². The van der Waals surface area contributed by atoms with E-state index in [-0.39, 0.29) is 24.7 Å². The van der Waals surface area contributed by atoms with Crippen LogP contribution in [0, 0.1) is 0 Å². The van der Waals surface area contributed by atoms with Crippen LogP contribution in [0.25, 0.3) is 0 Å². The molecule has 0 bridgehead atoms. The molecule has 0 atom stereocenters. The molecule has 2 rings (SSSR count). The molecule has 1 fully saturated rings. The SMILES string of the molecule is CN(Cc1nccn1C(F)F)C(=O)CC1(O)CCCC1. The highest BCUT2D eigenvalue weighted by Crippen LogP contribution is 2.32. The van der Waals surface area contributed by atoms with Crippen molar-refractivity contribution in [1.82, 2.24) is 14.5 Å². The zero-order chi connectivity index (χ0) is 14.8. The second-order valence-corrected chi connectivity index (χ2v) is 5.39. The molecule has 0 unspecified atom stereocenters. The molecule has 1 N–H and O–H groups in total. The van der Waals surface area contributed by atoms with Crippen molar-refractivity contribution in [2.75, 3.05) is 7.05 Å². The summed E-state index contributed by atoms with van der Waals surface area (Å²) < 4.78 is 26.1. The van der Waals surface area contributed by atoms with Gasteiger partial charge in [0.05, 0.1) is 18.6 Å². The van der Waals surface area contributed by atoms with Crippen molar-refractivity contribution in [1.29, 1.82) is 0 Å². The standard InChI is InChI=1S/C13H19F2N3O2/c1-17(9-10-16-6-7-18(10)12(14)15)11(19)8-13(20)4-2-3-5-13/h6-7,12,20H,2-5,8-9H2,1H3. The van der Waals surface area contributed by atoms with E-state index in [1.54, 1.807) is 0 Å². The molecule has 1 amide bonds. The lowest BCUT2D eigenvalue weighted by Gasteiger charge is -2.25. The summed E-state index contributed by atoms with van der Waals surface area (Å²) in [5, 5.41) is 10.2. The minimum atomic E-state index is -2.67. The number of alkyl halides is 2. The lowest BCUT2D eigenvalue weighted by Crippen LogP contribution is -2.36. The first kappa shape index (κ1) is 14.9. The molecule has 0 aromatic carbocycles. The first-order valence-electron chi connectivity index (χ1n) is 6.67. The number of carbonyl (C=O) groups excluding carboxylic acids is 1. The largest absolute Gasteiger partial charge is 0.389 e. The molecular formula is C13H19F2N3O2. The molecule has 0 saturated heterocycles. The third-order valence-corrected chi connectivity index (χ3v) is 3.78. The van der Waals surface area contributed by atoms with Crippen molar-refractivity contribution in [2.45, 2.75) is 50.8 Å². The number of aromatic nitrogens is 2. The van der Waals surface area contributed by atoms with Gasteiger partial charge in [0.1, 0.15) is 5.82 Å². The van der Waals surface area contributed by atoms with Gasteiger partial charge in [0.25, 0.3) is 0 Å². The van der Waals surface area contributed by atoms with Crippen LogP contribution in [-0.4, -0.2) is 38.1 Å². The van der Waals surface area contributed by atoms with E-state index >= 15 is 0 Å². The van der Waals surface area contributed by atoms with E-state index in [0.717, 1.165) is 17.4 Å². The molecule has 1 saturated carbocycles. The number of nitrogens with zero attached hydrogens (tertiary/aromatic N) is 3. The molecule has 112 valence electrons. The minimum absolute atomic E-state index is 0.00620. The van der Waals surface area contributed by atoms with E-state index in [1.165, 1.54) is 24.3 Å². The van der Waals surface area contributed by atoms with Gasteiger partial charge in [0, 0.05) is 19.4 Å². The predicted octanol–water partition coefficient (Wildman–Crippen LogP) is 1.93. The van der Waals surface area contributed by atoms with Crippen LogP contribution in [0.3, 0.4) is 0 Å². The monoisotopic (exact) mass is 287 g/mol. The second-order valence-electron chi connectivity index (χ2n) is 5.39. The Labute approximate surface area is 116 Å². The summed E-state index contributed by atoms with van der Waals surface area (Å²) in [6, 6.07) is 0. The lowest BCUT2D eigenvalue weighted by molar-refractivity contribution is -0.135. The molecule has 1 aliphatic rings. The van der Waals surface area contributed by atoms with E-state index in [9.17, 15) is 18.7 Å². The number of aliphatic hydroxyl groups is 1. The second kappa shape index (κ2) is 5.87. The molecule has 0 aliphatic heterocycles. The van der Waals surface area contributed by atoms with Gasteiger partial charge in [-0.2, -0.15) is 8.78 Å². The van der Waals surface area contributed by atoms with Crippen LogP contribution in [-0.2, 0) is 11.3 Å². The summed E-state index contributed by atoms with van der Waals surface area (Å²) in [6.07, 6.45) is 5.59. The number of hydrogen-bond donors (Lipinski definition) is 1. The van der Waals surface area contributed by atoms with Gasteiger partial charge in [0.15, 0.2) is 0 Å². The maximum Gasteiger partial charge on any atom is 0.319 e. The van der Waals surface area contributed by atoms with Gasteiger partial charge in [-0.25, -0.2) is 4.98 Å². The lowest BCUT2D eigenvalue weighted by atomic mass is 9.97. The van der Waals surface area contributed by atoms with Crippen molar-refractivity contribution in [3.8, 4) is 0 Å². The number of imidazole rings is 1. The molecule has 1 aliphatic carbocycles. The van der Waals surface area contributed by atoms with Gasteiger partial charge in [0.2, 0.25) is 5.91 Å². The summed E-state index contributed by atoms with van der Waals surface area (Å²) in [7, 11) is 1.53. The Kier molecular flexibility index (Phi) is 4.37. The van der Waals surface area contributed by atoms with E-state index in [4.69, 9.17) is 0 Å². The molecule has 0 radical (unpaired) electrons. The molecule has 0 spiro atoms. The average Bonchev–Trinajstić information content (AvgIpc) is 2.98. The highest BCUT2D eigenvalue weighted by molar-refractivity contribution is 5.77. The molecule has 7 heteroatoms. The first-order valence-corrected chi connectivity index (χ1v) is 6.67. The van der Waals surface area contributed by atoms with Crippen molar-refractivity contribution in [2.24, 2.45) is 0 Å². The number of halogens is 2. The number of rotatable bonds is 5. The molecule has 1 aromatic rings. The van der Waals surface area contributed by atoms with Crippen LogP contribution in [0.15, 0.2) is 12.4 Å².